The van der Waals surface area contributed by atoms with Crippen molar-refractivity contribution < 1.29 is 18.9 Å². The molecule has 0 saturated carbocycles. The number of methoxy groups -OCH3 is 1. The van der Waals surface area contributed by atoms with E-state index in [-0.39, 0.29) is 0 Å². The molecule has 114 valence electrons. The maximum absolute atomic E-state index is 5.22. The molecule has 0 atom stereocenters. The van der Waals surface area contributed by atoms with Crippen LogP contribution in [0.25, 0.3) is 0 Å². The minimum Gasteiger partial charge on any atom is -0.468 e. The topological polar surface area (TPSA) is 36.9 Å². The fraction of sp³-hybridized carbons (Fsp3) is 0.294. The third-order valence-corrected chi connectivity index (χ3v) is 2.34. The number of benzene rings is 2. The van der Waals surface area contributed by atoms with Crippen LogP contribution in [0.3, 0.4) is 0 Å². The summed E-state index contributed by atoms with van der Waals surface area (Å²) in [6.45, 7) is 3.27. The summed E-state index contributed by atoms with van der Waals surface area (Å²) in [4.78, 5) is 0. The highest BCUT2D eigenvalue weighted by Crippen LogP contribution is 2.08. The third kappa shape index (κ3) is 8.68. The van der Waals surface area contributed by atoms with Crippen LogP contribution in [-0.2, 0) is 9.47 Å². The lowest BCUT2D eigenvalue weighted by atomic mass is 10.3. The van der Waals surface area contributed by atoms with Crippen LogP contribution in [0.15, 0.2) is 60.7 Å². The van der Waals surface area contributed by atoms with Crippen LogP contribution in [0.4, 0.5) is 0 Å². The van der Waals surface area contributed by atoms with Crippen LogP contribution in [0.2, 0.25) is 0 Å². The first kappa shape index (κ1) is 17.0. The first-order valence-electron chi connectivity index (χ1n) is 6.79. The molecule has 0 aliphatic carbocycles. The van der Waals surface area contributed by atoms with Crippen molar-refractivity contribution in [3.8, 4) is 11.5 Å². The molecular weight excluding hydrogens is 268 g/mol. The smallest absolute Gasteiger partial charge is 0.189 e. The summed E-state index contributed by atoms with van der Waals surface area (Å²) in [6, 6.07) is 19.2. The van der Waals surface area contributed by atoms with Crippen molar-refractivity contribution in [2.24, 2.45) is 0 Å². The molecule has 2 rings (SSSR count). The van der Waals surface area contributed by atoms with Gasteiger partial charge in [0.1, 0.15) is 11.5 Å². The Morgan fingerprint density at radius 3 is 1.62 bits per heavy atom. The molecule has 2 aromatic carbocycles. The summed E-state index contributed by atoms with van der Waals surface area (Å²) in [5.74, 6) is 1.69. The van der Waals surface area contributed by atoms with Crippen molar-refractivity contribution in [3.05, 3.63) is 60.7 Å². The van der Waals surface area contributed by atoms with Crippen molar-refractivity contribution in [1.29, 1.82) is 0 Å². The monoisotopic (exact) mass is 290 g/mol. The van der Waals surface area contributed by atoms with E-state index in [1.807, 2.05) is 67.6 Å². The molecule has 0 saturated heterocycles. The minimum atomic E-state index is 0.310. The Balaban J connectivity index is 0.000000211. The largest absolute Gasteiger partial charge is 0.468 e. The summed E-state index contributed by atoms with van der Waals surface area (Å²) in [5.41, 5.74) is 0. The molecule has 21 heavy (non-hydrogen) atoms. The van der Waals surface area contributed by atoms with Crippen molar-refractivity contribution >= 4 is 0 Å². The summed E-state index contributed by atoms with van der Waals surface area (Å²) in [7, 11) is 1.60. The highest BCUT2D eigenvalue weighted by molar-refractivity contribution is 5.21. The second kappa shape index (κ2) is 11.8. The lowest BCUT2D eigenvalue weighted by Gasteiger charge is -2.03. The van der Waals surface area contributed by atoms with Gasteiger partial charge >= 0.3 is 0 Å². The van der Waals surface area contributed by atoms with Gasteiger partial charge in [-0.05, 0) is 31.2 Å². The Morgan fingerprint density at radius 1 is 0.714 bits per heavy atom. The van der Waals surface area contributed by atoms with Crippen LogP contribution in [0, 0.1) is 0 Å². The average molecular weight is 290 g/mol. The molecule has 0 spiro atoms. The second-order valence-electron chi connectivity index (χ2n) is 3.93. The lowest BCUT2D eigenvalue weighted by molar-refractivity contribution is 0.0224. The summed E-state index contributed by atoms with van der Waals surface area (Å²) in [6.07, 6.45) is 0. The third-order valence-electron chi connectivity index (χ3n) is 2.34. The molecule has 0 radical (unpaired) electrons. The summed E-state index contributed by atoms with van der Waals surface area (Å²) >= 11 is 0. The van der Waals surface area contributed by atoms with E-state index >= 15 is 0 Å². The van der Waals surface area contributed by atoms with Gasteiger partial charge in [0.2, 0.25) is 0 Å². The highest BCUT2D eigenvalue weighted by atomic mass is 16.7. The molecular formula is C17H22O4. The molecule has 0 fully saturated rings. The maximum atomic E-state index is 5.22. The molecule has 4 heteroatoms. The first-order valence-corrected chi connectivity index (χ1v) is 6.79. The van der Waals surface area contributed by atoms with Crippen LogP contribution < -0.4 is 9.47 Å². The van der Waals surface area contributed by atoms with Gasteiger partial charge in [-0.25, -0.2) is 0 Å². The lowest BCUT2D eigenvalue weighted by Crippen LogP contribution is -2.01. The fourth-order valence-corrected chi connectivity index (χ4v) is 1.35. The molecule has 2 aromatic rings. The van der Waals surface area contributed by atoms with E-state index in [1.54, 1.807) is 7.11 Å². The van der Waals surface area contributed by atoms with E-state index in [4.69, 9.17) is 18.9 Å². The Labute approximate surface area is 126 Å². The van der Waals surface area contributed by atoms with E-state index in [0.29, 0.717) is 20.2 Å². The van der Waals surface area contributed by atoms with Gasteiger partial charge in [-0.3, -0.25) is 0 Å². The van der Waals surface area contributed by atoms with Crippen LogP contribution in [0.1, 0.15) is 6.92 Å². The van der Waals surface area contributed by atoms with Crippen molar-refractivity contribution in [3.63, 3.8) is 0 Å². The van der Waals surface area contributed by atoms with E-state index < -0.39 is 0 Å². The average Bonchev–Trinajstić information content (AvgIpc) is 2.56. The zero-order valence-electron chi connectivity index (χ0n) is 12.5. The highest BCUT2D eigenvalue weighted by Gasteiger charge is 1.88. The van der Waals surface area contributed by atoms with E-state index in [9.17, 15) is 0 Å². The van der Waals surface area contributed by atoms with Crippen LogP contribution >= 0.6 is 0 Å². The number of hydrogen-bond donors (Lipinski definition) is 0. The number of hydrogen-bond acceptors (Lipinski definition) is 4. The van der Waals surface area contributed by atoms with Gasteiger partial charge in [0.15, 0.2) is 13.6 Å². The molecule has 0 aliphatic heterocycles. The van der Waals surface area contributed by atoms with E-state index in [0.717, 1.165) is 11.5 Å². The zero-order valence-corrected chi connectivity index (χ0v) is 12.5. The predicted molar refractivity (Wildman–Crippen MR) is 82.5 cm³/mol. The Kier molecular flexibility index (Phi) is 9.53. The van der Waals surface area contributed by atoms with Gasteiger partial charge in [-0.1, -0.05) is 36.4 Å². The molecule has 0 bridgehead atoms. The molecule has 0 heterocycles. The normalized spacial score (nSPS) is 9.43. The summed E-state index contributed by atoms with van der Waals surface area (Å²) < 4.78 is 20.1. The van der Waals surface area contributed by atoms with Gasteiger partial charge in [-0.15, -0.1) is 0 Å². The summed E-state index contributed by atoms with van der Waals surface area (Å²) in [5, 5.41) is 0. The van der Waals surface area contributed by atoms with E-state index in [1.165, 1.54) is 0 Å². The standard InChI is InChI=1S/C9H12O2.C8H10O2/c1-2-10-8-11-9-6-4-3-5-7-9;1-9-7-10-8-5-3-2-4-6-8/h3-7H,2,8H2,1H3;2-6H,7H2,1H3. The molecule has 0 aliphatic rings. The van der Waals surface area contributed by atoms with Gasteiger partial charge in [0, 0.05) is 13.7 Å². The quantitative estimate of drug-likeness (QED) is 0.575. The van der Waals surface area contributed by atoms with Crippen molar-refractivity contribution in [2.75, 3.05) is 27.3 Å². The van der Waals surface area contributed by atoms with E-state index in [2.05, 4.69) is 0 Å². The fourth-order valence-electron chi connectivity index (χ4n) is 1.35. The van der Waals surface area contributed by atoms with Gasteiger partial charge < -0.3 is 18.9 Å². The van der Waals surface area contributed by atoms with Crippen molar-refractivity contribution in [1.82, 2.24) is 0 Å². The Hall–Kier alpha value is -2.04. The van der Waals surface area contributed by atoms with Crippen LogP contribution in [-0.4, -0.2) is 27.3 Å². The predicted octanol–water partition coefficient (Wildman–Crippen LogP) is 3.73. The Bertz CT molecular complexity index is 445. The number of para-hydroxylation sites is 2. The SMILES string of the molecule is CCOCOc1ccccc1.COCOc1ccccc1. The van der Waals surface area contributed by atoms with Crippen molar-refractivity contribution in [2.45, 2.75) is 6.92 Å². The molecule has 4 nitrogen and oxygen atoms in total. The molecule has 0 N–H and O–H groups in total. The van der Waals surface area contributed by atoms with Gasteiger partial charge in [0.05, 0.1) is 0 Å². The minimum absolute atomic E-state index is 0.310. The molecule has 0 aromatic heterocycles. The number of rotatable bonds is 7. The van der Waals surface area contributed by atoms with Crippen LogP contribution in [0.5, 0.6) is 11.5 Å². The first-order chi connectivity index (χ1) is 10.4. The molecule has 0 unspecified atom stereocenters. The zero-order chi connectivity index (χ0) is 15.2. The maximum Gasteiger partial charge on any atom is 0.189 e. The second-order valence-corrected chi connectivity index (χ2v) is 3.93. The van der Waals surface area contributed by atoms with Gasteiger partial charge in [-0.2, -0.15) is 0 Å². The van der Waals surface area contributed by atoms with Gasteiger partial charge in [0.25, 0.3) is 0 Å². The number of ether oxygens (including phenoxy) is 4. The Morgan fingerprint density at radius 2 is 1.19 bits per heavy atom. The molecule has 0 amide bonds.